The lowest BCUT2D eigenvalue weighted by atomic mass is 9.74. The molecular weight excluding hydrogens is 502 g/mol. The predicted octanol–water partition coefficient (Wildman–Crippen LogP) is 6.00. The Labute approximate surface area is 221 Å². The first-order valence-electron chi connectivity index (χ1n) is 13.9. The van der Waals surface area contributed by atoms with Gasteiger partial charge in [0.2, 0.25) is 10.0 Å². The van der Waals surface area contributed by atoms with E-state index in [0.717, 1.165) is 96.7 Å². The van der Waals surface area contributed by atoms with Crippen LogP contribution >= 0.6 is 0 Å². The smallest absolute Gasteiger partial charge is 0.328 e. The number of carbonyl (C=O) groups excluding carboxylic acids is 1. The van der Waals surface area contributed by atoms with Crippen molar-refractivity contribution >= 4 is 25.3 Å². The molecular formula is C26H53NO7S2. The maximum atomic E-state index is 11.4. The molecule has 0 aliphatic rings. The van der Waals surface area contributed by atoms with E-state index in [9.17, 15) is 21.6 Å². The molecule has 0 unspecified atom stereocenters. The largest absolute Gasteiger partial charge is 0.381 e. The maximum absolute atomic E-state index is 11.4. The third kappa shape index (κ3) is 15.6. The first-order valence-corrected chi connectivity index (χ1v) is 17.0. The summed E-state index contributed by atoms with van der Waals surface area (Å²) in [4.78, 5) is 11.4. The summed E-state index contributed by atoms with van der Waals surface area (Å²) < 4.78 is 58.8. The number of sulfonamides is 1. The van der Waals surface area contributed by atoms with Crippen LogP contribution in [0.15, 0.2) is 0 Å². The van der Waals surface area contributed by atoms with E-state index in [-0.39, 0.29) is 23.0 Å². The van der Waals surface area contributed by atoms with E-state index >= 15 is 0 Å². The van der Waals surface area contributed by atoms with E-state index in [2.05, 4.69) is 27.7 Å². The van der Waals surface area contributed by atoms with Gasteiger partial charge in [-0.05, 0) is 62.2 Å². The van der Waals surface area contributed by atoms with Gasteiger partial charge in [0.1, 0.15) is 0 Å². The molecule has 0 rings (SSSR count). The molecule has 0 aliphatic heterocycles. The molecule has 0 saturated carbocycles. The van der Waals surface area contributed by atoms with E-state index in [0.29, 0.717) is 12.8 Å². The van der Waals surface area contributed by atoms with E-state index in [4.69, 9.17) is 14.4 Å². The Kier molecular flexibility index (Phi) is 17.6. The Hall–Kier alpha value is -0.550. The molecule has 0 bridgehead atoms. The maximum Gasteiger partial charge on any atom is 0.328 e. The van der Waals surface area contributed by atoms with E-state index in [1.807, 2.05) is 0 Å². The molecule has 0 radical (unpaired) electrons. The second kappa shape index (κ2) is 17.9. The molecule has 10 heteroatoms. The zero-order valence-corrected chi connectivity index (χ0v) is 24.9. The van der Waals surface area contributed by atoms with Crippen molar-refractivity contribution in [2.45, 2.75) is 130 Å². The van der Waals surface area contributed by atoms with Crippen LogP contribution in [0.1, 0.15) is 130 Å². The van der Waals surface area contributed by atoms with Crippen LogP contribution in [0, 0.1) is 10.8 Å². The van der Waals surface area contributed by atoms with Crippen LogP contribution in [0.25, 0.3) is 0 Å². The summed E-state index contributed by atoms with van der Waals surface area (Å²) >= 11 is 0. The summed E-state index contributed by atoms with van der Waals surface area (Å²) in [5, 5.41) is 4.02. The SMILES string of the molecule is CCC(CC)(CCCCOCCCCC(CC)(CC)CCCC(=O)S(=O)(=O)O)CCCCS(N)(=O)=O. The second-order valence-electron chi connectivity index (χ2n) is 10.5. The number of rotatable bonds is 23. The predicted molar refractivity (Wildman–Crippen MR) is 147 cm³/mol. The first-order chi connectivity index (χ1) is 16.8. The highest BCUT2D eigenvalue weighted by Crippen LogP contribution is 2.39. The first kappa shape index (κ1) is 35.5. The fourth-order valence-corrected chi connectivity index (χ4v) is 6.22. The molecule has 3 N–H and O–H groups in total. The number of hydrogen-bond donors (Lipinski definition) is 2. The molecule has 0 fully saturated rings. The third-order valence-corrected chi connectivity index (χ3v) is 9.89. The van der Waals surface area contributed by atoms with Gasteiger partial charge in [0.15, 0.2) is 0 Å². The molecule has 36 heavy (non-hydrogen) atoms. The summed E-state index contributed by atoms with van der Waals surface area (Å²) in [7, 11) is -7.94. The Morgan fingerprint density at radius 3 is 1.44 bits per heavy atom. The fraction of sp³-hybridized carbons (Fsp3) is 0.962. The average molecular weight is 556 g/mol. The number of carbonyl (C=O) groups is 1. The van der Waals surface area contributed by atoms with Crippen LogP contribution in [0.3, 0.4) is 0 Å². The van der Waals surface area contributed by atoms with Gasteiger partial charge in [-0.3, -0.25) is 9.35 Å². The molecule has 0 aliphatic carbocycles. The number of primary sulfonamides is 1. The molecule has 0 aromatic rings. The number of ether oxygens (including phenoxy) is 1. The third-order valence-electron chi connectivity index (χ3n) is 8.25. The van der Waals surface area contributed by atoms with Gasteiger partial charge in [-0.1, -0.05) is 72.6 Å². The quantitative estimate of drug-likeness (QED) is 0.116. The van der Waals surface area contributed by atoms with Crippen LogP contribution < -0.4 is 5.14 Å². The molecule has 8 nitrogen and oxygen atoms in total. The summed E-state index contributed by atoms with van der Waals surface area (Å²) in [5.41, 5.74) is 0.367. The molecule has 216 valence electrons. The van der Waals surface area contributed by atoms with Gasteiger partial charge in [0, 0.05) is 19.6 Å². The summed E-state index contributed by atoms with van der Waals surface area (Å²) in [6, 6.07) is 0. The molecule has 0 amide bonds. The Morgan fingerprint density at radius 2 is 1.08 bits per heavy atom. The van der Waals surface area contributed by atoms with Gasteiger partial charge in [-0.2, -0.15) is 8.42 Å². The Bertz CT molecular complexity index is 802. The summed E-state index contributed by atoms with van der Waals surface area (Å²) in [5.74, 6) is 0.0652. The van der Waals surface area contributed by atoms with Crippen molar-refractivity contribution in [3.8, 4) is 0 Å². The highest BCUT2D eigenvalue weighted by molar-refractivity contribution is 8.01. The lowest BCUT2D eigenvalue weighted by molar-refractivity contribution is -0.112. The molecule has 0 saturated heterocycles. The minimum Gasteiger partial charge on any atom is -0.381 e. The number of unbranched alkanes of at least 4 members (excludes halogenated alkanes) is 3. The van der Waals surface area contributed by atoms with Gasteiger partial charge < -0.3 is 4.74 Å². The Balaban J connectivity index is 4.17. The number of nitrogens with two attached hydrogens (primary N) is 1. The Morgan fingerprint density at radius 1 is 0.694 bits per heavy atom. The average Bonchev–Trinajstić information content (AvgIpc) is 2.82. The van der Waals surface area contributed by atoms with Gasteiger partial charge in [0.05, 0.1) is 5.75 Å². The zero-order chi connectivity index (χ0) is 27.7. The lowest BCUT2D eigenvalue weighted by Gasteiger charge is -2.32. The zero-order valence-electron chi connectivity index (χ0n) is 23.2. The highest BCUT2D eigenvalue weighted by Gasteiger charge is 2.27. The van der Waals surface area contributed by atoms with Gasteiger partial charge in [0.25, 0.3) is 5.12 Å². The molecule has 0 spiro atoms. The van der Waals surface area contributed by atoms with Crippen molar-refractivity contribution in [2.24, 2.45) is 16.0 Å². The van der Waals surface area contributed by atoms with Crippen molar-refractivity contribution in [3.63, 3.8) is 0 Å². The van der Waals surface area contributed by atoms with Crippen molar-refractivity contribution in [1.29, 1.82) is 0 Å². The molecule has 0 aromatic heterocycles. The van der Waals surface area contributed by atoms with Crippen molar-refractivity contribution in [1.82, 2.24) is 0 Å². The molecule has 0 heterocycles. The minimum absolute atomic E-state index is 0.0652. The number of hydrogen-bond acceptors (Lipinski definition) is 6. The monoisotopic (exact) mass is 555 g/mol. The summed E-state index contributed by atoms with van der Waals surface area (Å²) in [6.45, 7) is 10.2. The van der Waals surface area contributed by atoms with Gasteiger partial charge in [-0.25, -0.2) is 13.6 Å². The van der Waals surface area contributed by atoms with E-state index in [1.165, 1.54) is 0 Å². The van der Waals surface area contributed by atoms with Crippen LogP contribution in [0.2, 0.25) is 0 Å². The van der Waals surface area contributed by atoms with Crippen molar-refractivity contribution in [2.75, 3.05) is 19.0 Å². The van der Waals surface area contributed by atoms with Crippen molar-refractivity contribution < 1.29 is 30.9 Å². The standard InChI is InChI=1S/C26H53NO7S2/c1-5-25(6-2,19-11-14-23-35(27,29)30)17-9-12-21-34-22-13-10-18-26(7-3,8-4)20-15-16-24(28)36(31,32)33/h5-23H2,1-4H3,(H2,27,29,30)(H,31,32,33). The van der Waals surface area contributed by atoms with Crippen LogP contribution in [0.5, 0.6) is 0 Å². The normalized spacial score (nSPS) is 13.3. The van der Waals surface area contributed by atoms with Crippen LogP contribution in [-0.4, -0.2) is 45.5 Å². The topological polar surface area (TPSA) is 141 Å². The van der Waals surface area contributed by atoms with Crippen LogP contribution in [-0.2, 0) is 29.7 Å². The minimum atomic E-state index is -4.57. The lowest BCUT2D eigenvalue weighted by Crippen LogP contribution is -2.21. The molecule has 0 aromatic carbocycles. The summed E-state index contributed by atoms with van der Waals surface area (Å²) in [6.07, 6.45) is 14.1. The van der Waals surface area contributed by atoms with Crippen LogP contribution in [0.4, 0.5) is 0 Å². The van der Waals surface area contributed by atoms with E-state index < -0.39 is 25.3 Å². The highest BCUT2D eigenvalue weighted by atomic mass is 32.2. The van der Waals surface area contributed by atoms with E-state index in [1.54, 1.807) is 0 Å². The second-order valence-corrected chi connectivity index (χ2v) is 13.6. The molecule has 0 atom stereocenters. The fourth-order valence-electron chi connectivity index (χ4n) is 5.21. The van der Waals surface area contributed by atoms with Gasteiger partial charge >= 0.3 is 10.1 Å². The van der Waals surface area contributed by atoms with Crippen molar-refractivity contribution in [3.05, 3.63) is 0 Å². The van der Waals surface area contributed by atoms with Gasteiger partial charge in [-0.15, -0.1) is 0 Å².